The highest BCUT2D eigenvalue weighted by Crippen LogP contribution is 2.41. The van der Waals surface area contributed by atoms with E-state index < -0.39 is 0 Å². The van der Waals surface area contributed by atoms with Crippen LogP contribution in [0.25, 0.3) is 0 Å². The van der Waals surface area contributed by atoms with Crippen LogP contribution in [0.5, 0.6) is 0 Å². The number of hydrogen-bond donors (Lipinski definition) is 1. The second-order valence-corrected chi connectivity index (χ2v) is 4.94. The van der Waals surface area contributed by atoms with Crippen LogP contribution in [-0.2, 0) is 15.1 Å². The number of nitrogens with zero attached hydrogens (tertiary/aromatic N) is 1. The van der Waals surface area contributed by atoms with E-state index in [0.29, 0.717) is 12.2 Å². The quantitative estimate of drug-likeness (QED) is 0.816. The Labute approximate surface area is 106 Å². The summed E-state index contributed by atoms with van der Waals surface area (Å²) in [6.45, 7) is 0.528. The minimum absolute atomic E-state index is 0.0305. The lowest BCUT2D eigenvalue weighted by Crippen LogP contribution is -2.52. The van der Waals surface area contributed by atoms with Gasteiger partial charge in [0.2, 0.25) is 0 Å². The third-order valence-corrected chi connectivity index (χ3v) is 3.74. The number of hydrogen-bond acceptors (Lipinski definition) is 3. The fourth-order valence-corrected chi connectivity index (χ4v) is 2.42. The summed E-state index contributed by atoms with van der Waals surface area (Å²) in [5, 5.41) is 12.0. The van der Waals surface area contributed by atoms with E-state index in [0.717, 1.165) is 24.8 Å². The van der Waals surface area contributed by atoms with Crippen molar-refractivity contribution in [1.82, 2.24) is 5.32 Å². The van der Waals surface area contributed by atoms with Crippen molar-refractivity contribution in [1.29, 1.82) is 5.26 Å². The molecule has 0 bridgehead atoms. The number of nitriles is 1. The van der Waals surface area contributed by atoms with Crippen LogP contribution in [0.4, 0.5) is 0 Å². The molecule has 1 saturated carbocycles. The van der Waals surface area contributed by atoms with Crippen molar-refractivity contribution >= 4 is 5.91 Å². The largest absolute Gasteiger partial charge is 0.363 e. The summed E-state index contributed by atoms with van der Waals surface area (Å²) in [5.74, 6) is -0.0305. The number of rotatable bonds is 3. The van der Waals surface area contributed by atoms with Gasteiger partial charge >= 0.3 is 0 Å². The van der Waals surface area contributed by atoms with Crippen LogP contribution in [0.1, 0.15) is 30.4 Å². The molecule has 1 aliphatic carbocycles. The Morgan fingerprint density at radius 1 is 1.50 bits per heavy atom. The van der Waals surface area contributed by atoms with Gasteiger partial charge in [0, 0.05) is 0 Å². The van der Waals surface area contributed by atoms with Gasteiger partial charge < -0.3 is 10.1 Å². The molecule has 18 heavy (non-hydrogen) atoms. The maximum absolute atomic E-state index is 11.8. The zero-order chi connectivity index (χ0) is 12.6. The standard InChI is InChI=1S/C14H14N2O2/c15-8-10-3-1-4-11(7-10)14(5-2-6-14)16-13(17)12-9-18-12/h1,3-4,7,12H,2,5-6,9H2,(H,16,17). The molecule has 2 fully saturated rings. The van der Waals surface area contributed by atoms with Crippen LogP contribution >= 0.6 is 0 Å². The molecule has 2 aliphatic rings. The molecule has 1 aromatic rings. The molecule has 0 aromatic heterocycles. The number of carbonyl (C=O) groups is 1. The van der Waals surface area contributed by atoms with Crippen molar-refractivity contribution in [2.24, 2.45) is 0 Å². The molecule has 4 nitrogen and oxygen atoms in total. The second-order valence-electron chi connectivity index (χ2n) is 4.94. The zero-order valence-corrected chi connectivity index (χ0v) is 9.98. The molecule has 0 radical (unpaired) electrons. The lowest BCUT2D eigenvalue weighted by Gasteiger charge is -2.43. The molecule has 92 valence electrons. The summed E-state index contributed by atoms with van der Waals surface area (Å²) >= 11 is 0. The van der Waals surface area contributed by atoms with Gasteiger partial charge in [-0.3, -0.25) is 4.79 Å². The number of carbonyl (C=O) groups excluding carboxylic acids is 1. The zero-order valence-electron chi connectivity index (χ0n) is 9.98. The minimum atomic E-state index is -0.282. The fourth-order valence-electron chi connectivity index (χ4n) is 2.42. The number of nitrogens with one attached hydrogen (secondary N) is 1. The molecule has 1 amide bonds. The molecule has 1 aromatic carbocycles. The number of benzene rings is 1. The van der Waals surface area contributed by atoms with E-state index in [1.54, 1.807) is 6.07 Å². The Kier molecular flexibility index (Phi) is 2.57. The van der Waals surface area contributed by atoms with Crippen LogP contribution in [0.2, 0.25) is 0 Å². The number of epoxide rings is 1. The Hall–Kier alpha value is -1.86. The van der Waals surface area contributed by atoms with Crippen molar-refractivity contribution in [2.75, 3.05) is 6.61 Å². The Morgan fingerprint density at radius 2 is 2.28 bits per heavy atom. The minimum Gasteiger partial charge on any atom is -0.363 e. The SMILES string of the molecule is N#Cc1cccc(C2(NC(=O)C3CO3)CCC2)c1. The lowest BCUT2D eigenvalue weighted by atomic mass is 9.71. The molecule has 1 N–H and O–H groups in total. The van der Waals surface area contributed by atoms with Gasteiger partial charge in [0.05, 0.1) is 23.8 Å². The van der Waals surface area contributed by atoms with Gasteiger partial charge in [-0.05, 0) is 37.0 Å². The topological polar surface area (TPSA) is 65.4 Å². The average Bonchev–Trinajstić information content (AvgIpc) is 3.17. The summed E-state index contributed by atoms with van der Waals surface area (Å²) in [4.78, 5) is 11.8. The first-order chi connectivity index (χ1) is 8.73. The molecule has 1 unspecified atom stereocenters. The van der Waals surface area contributed by atoms with Crippen LogP contribution in [-0.4, -0.2) is 18.6 Å². The number of ether oxygens (including phenoxy) is 1. The van der Waals surface area contributed by atoms with E-state index in [2.05, 4.69) is 11.4 Å². The molecule has 4 heteroatoms. The smallest absolute Gasteiger partial charge is 0.252 e. The Bertz CT molecular complexity index is 525. The van der Waals surface area contributed by atoms with Crippen LogP contribution in [0.15, 0.2) is 24.3 Å². The monoisotopic (exact) mass is 242 g/mol. The number of amides is 1. The molecule has 1 atom stereocenters. The van der Waals surface area contributed by atoms with Gasteiger partial charge in [-0.25, -0.2) is 0 Å². The van der Waals surface area contributed by atoms with Crippen molar-refractivity contribution in [3.63, 3.8) is 0 Å². The average molecular weight is 242 g/mol. The molecular weight excluding hydrogens is 228 g/mol. The molecular formula is C14H14N2O2. The van der Waals surface area contributed by atoms with Crippen molar-refractivity contribution in [3.05, 3.63) is 35.4 Å². The summed E-state index contributed by atoms with van der Waals surface area (Å²) in [6, 6.07) is 9.64. The van der Waals surface area contributed by atoms with Gasteiger partial charge in [-0.15, -0.1) is 0 Å². The molecule has 1 saturated heterocycles. The Morgan fingerprint density at radius 3 is 2.83 bits per heavy atom. The molecule has 0 spiro atoms. The van der Waals surface area contributed by atoms with Crippen LogP contribution < -0.4 is 5.32 Å². The van der Waals surface area contributed by atoms with Crippen molar-refractivity contribution in [3.8, 4) is 6.07 Å². The maximum Gasteiger partial charge on any atom is 0.252 e. The highest BCUT2D eigenvalue weighted by Gasteiger charge is 2.43. The molecule has 3 rings (SSSR count). The fraction of sp³-hybridized carbons (Fsp3) is 0.429. The van der Waals surface area contributed by atoms with Crippen LogP contribution in [0, 0.1) is 11.3 Å². The van der Waals surface area contributed by atoms with E-state index in [9.17, 15) is 4.79 Å². The first kappa shape index (κ1) is 11.2. The van der Waals surface area contributed by atoms with E-state index in [1.165, 1.54) is 0 Å². The van der Waals surface area contributed by atoms with E-state index in [-0.39, 0.29) is 17.6 Å². The third kappa shape index (κ3) is 1.87. The first-order valence-electron chi connectivity index (χ1n) is 6.18. The summed E-state index contributed by atoms with van der Waals surface area (Å²) in [7, 11) is 0. The van der Waals surface area contributed by atoms with Gasteiger partial charge in [0.15, 0.2) is 6.10 Å². The first-order valence-corrected chi connectivity index (χ1v) is 6.18. The van der Waals surface area contributed by atoms with Gasteiger partial charge in [-0.1, -0.05) is 12.1 Å². The van der Waals surface area contributed by atoms with Crippen LogP contribution in [0.3, 0.4) is 0 Å². The summed E-state index contributed by atoms with van der Waals surface area (Å²) in [6.07, 6.45) is 2.70. The third-order valence-electron chi connectivity index (χ3n) is 3.74. The second kappa shape index (κ2) is 4.11. The van der Waals surface area contributed by atoms with Crippen molar-refractivity contribution < 1.29 is 9.53 Å². The summed E-state index contributed by atoms with van der Waals surface area (Å²) in [5.41, 5.74) is 1.38. The van der Waals surface area contributed by atoms with Gasteiger partial charge in [0.25, 0.3) is 5.91 Å². The lowest BCUT2D eigenvalue weighted by molar-refractivity contribution is -0.125. The van der Waals surface area contributed by atoms with E-state index in [1.807, 2.05) is 18.2 Å². The predicted octanol–water partition coefficient (Wildman–Crippen LogP) is 1.45. The van der Waals surface area contributed by atoms with E-state index >= 15 is 0 Å². The van der Waals surface area contributed by atoms with E-state index in [4.69, 9.17) is 10.00 Å². The maximum atomic E-state index is 11.8. The molecule has 1 aliphatic heterocycles. The van der Waals surface area contributed by atoms with Gasteiger partial charge in [-0.2, -0.15) is 5.26 Å². The summed E-state index contributed by atoms with van der Waals surface area (Å²) < 4.78 is 5.00. The van der Waals surface area contributed by atoms with Gasteiger partial charge in [0.1, 0.15) is 0 Å². The van der Waals surface area contributed by atoms with Crippen molar-refractivity contribution in [2.45, 2.75) is 30.9 Å². The Balaban J connectivity index is 1.85. The molecule has 1 heterocycles. The highest BCUT2D eigenvalue weighted by molar-refractivity contribution is 5.83. The highest BCUT2D eigenvalue weighted by atomic mass is 16.6. The normalized spacial score (nSPS) is 23.6. The predicted molar refractivity (Wildman–Crippen MR) is 64.6 cm³/mol.